The van der Waals surface area contributed by atoms with Crippen molar-refractivity contribution in [2.24, 2.45) is 5.73 Å². The van der Waals surface area contributed by atoms with Gasteiger partial charge in [-0.25, -0.2) is 4.98 Å². The zero-order valence-electron chi connectivity index (χ0n) is 8.90. The summed E-state index contributed by atoms with van der Waals surface area (Å²) in [5, 5.41) is 2.88. The highest BCUT2D eigenvalue weighted by Crippen LogP contribution is 2.01. The van der Waals surface area contributed by atoms with E-state index in [1.165, 1.54) is 0 Å². The lowest BCUT2D eigenvalue weighted by atomic mass is 10.4. The normalized spacial score (nSPS) is 10.3. The van der Waals surface area contributed by atoms with Gasteiger partial charge in [-0.1, -0.05) is 0 Å². The van der Waals surface area contributed by atoms with E-state index in [1.54, 1.807) is 31.4 Å². The summed E-state index contributed by atoms with van der Waals surface area (Å²) in [6.07, 6.45) is 3.32. The lowest BCUT2D eigenvalue weighted by Crippen LogP contribution is -2.30. The molecule has 82 valence electrons. The number of hydrogen-bond acceptors (Lipinski definition) is 5. The van der Waals surface area contributed by atoms with Crippen LogP contribution in [0.25, 0.3) is 0 Å². The number of carbonyl (C=O) groups excluding carboxylic acids is 1. The molecule has 0 aliphatic heterocycles. The fourth-order valence-electron chi connectivity index (χ4n) is 1.16. The second kappa shape index (κ2) is 5.26. The van der Waals surface area contributed by atoms with Crippen LogP contribution in [-0.4, -0.2) is 41.4 Å². The molecule has 3 N–H and O–H groups in total. The Kier molecular flexibility index (Phi) is 3.99. The SMILES string of the molecule is CNc1cnc(CN(C)CC(N)=O)cn1. The molecule has 6 nitrogen and oxygen atoms in total. The van der Waals surface area contributed by atoms with Gasteiger partial charge in [-0.3, -0.25) is 14.7 Å². The van der Waals surface area contributed by atoms with Crippen molar-refractivity contribution in [1.29, 1.82) is 0 Å². The van der Waals surface area contributed by atoms with Crippen molar-refractivity contribution in [2.75, 3.05) is 26.0 Å². The third kappa shape index (κ3) is 3.90. The fraction of sp³-hybridized carbons (Fsp3) is 0.444. The number of carbonyl (C=O) groups is 1. The van der Waals surface area contributed by atoms with Gasteiger partial charge in [0.05, 0.1) is 24.6 Å². The van der Waals surface area contributed by atoms with Crippen molar-refractivity contribution in [1.82, 2.24) is 14.9 Å². The molecule has 0 aliphatic carbocycles. The Hall–Kier alpha value is -1.69. The van der Waals surface area contributed by atoms with Gasteiger partial charge in [0, 0.05) is 13.6 Å². The van der Waals surface area contributed by atoms with Gasteiger partial charge in [-0.2, -0.15) is 0 Å². The number of aromatic nitrogens is 2. The lowest BCUT2D eigenvalue weighted by Gasteiger charge is -2.13. The van der Waals surface area contributed by atoms with Crippen molar-refractivity contribution in [3.63, 3.8) is 0 Å². The van der Waals surface area contributed by atoms with Crippen molar-refractivity contribution >= 4 is 11.7 Å². The molecular weight excluding hydrogens is 194 g/mol. The Morgan fingerprint density at radius 1 is 1.53 bits per heavy atom. The number of likely N-dealkylation sites (N-methyl/N-ethyl adjacent to an activating group) is 1. The summed E-state index contributed by atoms with van der Waals surface area (Å²) in [6, 6.07) is 0. The molecule has 0 radical (unpaired) electrons. The minimum atomic E-state index is -0.350. The third-order valence-corrected chi connectivity index (χ3v) is 1.82. The molecule has 0 aliphatic rings. The van der Waals surface area contributed by atoms with Crippen LogP contribution in [0.4, 0.5) is 5.82 Å². The van der Waals surface area contributed by atoms with Crippen LogP contribution in [0.1, 0.15) is 5.69 Å². The standard InChI is InChI=1S/C9H15N5O/c1-11-9-4-12-7(3-13-9)5-14(2)6-8(10)15/h3-4H,5-6H2,1-2H3,(H2,10,15)(H,11,13). The van der Waals surface area contributed by atoms with E-state index in [0.29, 0.717) is 6.54 Å². The molecule has 1 aromatic rings. The van der Waals surface area contributed by atoms with Crippen LogP contribution in [0.15, 0.2) is 12.4 Å². The predicted octanol–water partition coefficient (Wildman–Crippen LogP) is -0.565. The van der Waals surface area contributed by atoms with Crippen molar-refractivity contribution in [2.45, 2.75) is 6.54 Å². The number of nitrogens with one attached hydrogen (secondary N) is 1. The number of hydrogen-bond donors (Lipinski definition) is 2. The average molecular weight is 209 g/mol. The zero-order chi connectivity index (χ0) is 11.3. The number of nitrogens with zero attached hydrogens (tertiary/aromatic N) is 3. The second-order valence-corrected chi connectivity index (χ2v) is 3.28. The van der Waals surface area contributed by atoms with Gasteiger partial charge in [0.25, 0.3) is 0 Å². The minimum absolute atomic E-state index is 0.218. The van der Waals surface area contributed by atoms with Crippen LogP contribution in [-0.2, 0) is 11.3 Å². The quantitative estimate of drug-likeness (QED) is 0.678. The van der Waals surface area contributed by atoms with Gasteiger partial charge in [-0.05, 0) is 7.05 Å². The second-order valence-electron chi connectivity index (χ2n) is 3.28. The van der Waals surface area contributed by atoms with Crippen molar-refractivity contribution < 1.29 is 4.79 Å². The Morgan fingerprint density at radius 3 is 2.73 bits per heavy atom. The molecule has 0 fully saturated rings. The van der Waals surface area contributed by atoms with E-state index < -0.39 is 0 Å². The first kappa shape index (κ1) is 11.4. The van der Waals surface area contributed by atoms with Gasteiger partial charge >= 0.3 is 0 Å². The number of anilines is 1. The number of amides is 1. The zero-order valence-corrected chi connectivity index (χ0v) is 8.90. The average Bonchev–Trinajstić information content (AvgIpc) is 2.17. The molecule has 1 amide bonds. The minimum Gasteiger partial charge on any atom is -0.372 e. The third-order valence-electron chi connectivity index (χ3n) is 1.82. The predicted molar refractivity (Wildman–Crippen MR) is 57.1 cm³/mol. The molecule has 0 spiro atoms. The van der Waals surface area contributed by atoms with Crippen LogP contribution < -0.4 is 11.1 Å². The molecule has 0 aromatic carbocycles. The van der Waals surface area contributed by atoms with Gasteiger partial charge < -0.3 is 11.1 Å². The summed E-state index contributed by atoms with van der Waals surface area (Å²) in [5.74, 6) is 0.369. The molecule has 0 atom stereocenters. The van der Waals surface area contributed by atoms with E-state index in [-0.39, 0.29) is 12.5 Å². The molecule has 6 heteroatoms. The molecule has 1 aromatic heterocycles. The lowest BCUT2D eigenvalue weighted by molar-refractivity contribution is -0.118. The summed E-state index contributed by atoms with van der Waals surface area (Å²) in [4.78, 5) is 20.7. The van der Waals surface area contributed by atoms with Gasteiger partial charge in [0.2, 0.25) is 5.91 Å². The van der Waals surface area contributed by atoms with E-state index in [2.05, 4.69) is 15.3 Å². The maximum absolute atomic E-state index is 10.6. The molecule has 15 heavy (non-hydrogen) atoms. The Morgan fingerprint density at radius 2 is 2.27 bits per heavy atom. The molecule has 1 heterocycles. The van der Waals surface area contributed by atoms with Crippen LogP contribution in [0.3, 0.4) is 0 Å². The van der Waals surface area contributed by atoms with Gasteiger partial charge in [-0.15, -0.1) is 0 Å². The van der Waals surface area contributed by atoms with Crippen LogP contribution in [0.5, 0.6) is 0 Å². The molecule has 0 bridgehead atoms. The smallest absolute Gasteiger partial charge is 0.231 e. The van der Waals surface area contributed by atoms with Crippen LogP contribution in [0, 0.1) is 0 Å². The van der Waals surface area contributed by atoms with Gasteiger partial charge in [0.1, 0.15) is 5.82 Å². The summed E-state index contributed by atoms with van der Waals surface area (Å²) >= 11 is 0. The highest BCUT2D eigenvalue weighted by atomic mass is 16.1. The summed E-state index contributed by atoms with van der Waals surface area (Å²) in [5.41, 5.74) is 5.87. The Labute approximate surface area is 88.5 Å². The first-order chi connectivity index (χ1) is 7.11. The summed E-state index contributed by atoms with van der Waals surface area (Å²) in [6.45, 7) is 0.773. The van der Waals surface area contributed by atoms with Crippen molar-refractivity contribution in [3.05, 3.63) is 18.1 Å². The van der Waals surface area contributed by atoms with Crippen molar-refractivity contribution in [3.8, 4) is 0 Å². The van der Waals surface area contributed by atoms with Gasteiger partial charge in [0.15, 0.2) is 0 Å². The highest BCUT2D eigenvalue weighted by Gasteiger charge is 2.04. The topological polar surface area (TPSA) is 84.1 Å². The van der Waals surface area contributed by atoms with E-state index in [9.17, 15) is 4.79 Å². The fourth-order valence-corrected chi connectivity index (χ4v) is 1.16. The monoisotopic (exact) mass is 209 g/mol. The molecular formula is C9H15N5O. The molecule has 0 unspecified atom stereocenters. The summed E-state index contributed by atoms with van der Waals surface area (Å²) < 4.78 is 0. The first-order valence-corrected chi connectivity index (χ1v) is 4.57. The highest BCUT2D eigenvalue weighted by molar-refractivity contribution is 5.75. The largest absolute Gasteiger partial charge is 0.372 e. The van der Waals surface area contributed by atoms with E-state index in [0.717, 1.165) is 11.5 Å². The Bertz CT molecular complexity index is 324. The first-order valence-electron chi connectivity index (χ1n) is 4.57. The van der Waals surface area contributed by atoms with Crippen LogP contribution in [0.2, 0.25) is 0 Å². The van der Waals surface area contributed by atoms with E-state index >= 15 is 0 Å². The maximum atomic E-state index is 10.6. The summed E-state index contributed by atoms with van der Waals surface area (Å²) in [7, 11) is 3.58. The molecule has 1 rings (SSSR count). The molecule has 0 saturated carbocycles. The number of nitrogens with two attached hydrogens (primary N) is 1. The van der Waals surface area contributed by atoms with E-state index in [1.807, 2.05) is 0 Å². The number of primary amides is 1. The number of rotatable bonds is 5. The van der Waals surface area contributed by atoms with Crippen LogP contribution >= 0.6 is 0 Å². The Balaban J connectivity index is 2.53. The van der Waals surface area contributed by atoms with E-state index in [4.69, 9.17) is 5.73 Å². The maximum Gasteiger partial charge on any atom is 0.231 e. The molecule has 0 saturated heterocycles.